The van der Waals surface area contributed by atoms with Gasteiger partial charge in [-0.25, -0.2) is 0 Å². The zero-order chi connectivity index (χ0) is 23.6. The summed E-state index contributed by atoms with van der Waals surface area (Å²) in [6.45, 7) is 3.93. The summed E-state index contributed by atoms with van der Waals surface area (Å²) >= 11 is 6.27. The monoisotopic (exact) mass is 474 g/mol. The number of aryl methyl sites for hydroxylation is 1. The molecule has 2 aromatic carbocycles. The first-order valence-electron chi connectivity index (χ1n) is 10.5. The standard InChI is InChI=1S/C24H22ClF3N4O/c1-16-10-19(30-33-16)14-31-9-8-21(15-31)32(20-7-6-17(12-29)23(25)11-20)13-18-4-2-3-5-22(18)24(26,27)28/h2-7,10-11,21H,8-9,13-15H2,1H3. The van der Waals surface area contributed by atoms with Gasteiger partial charge in [0.1, 0.15) is 11.8 Å². The molecule has 33 heavy (non-hydrogen) atoms. The van der Waals surface area contributed by atoms with Crippen LogP contribution in [0, 0.1) is 18.3 Å². The van der Waals surface area contributed by atoms with Gasteiger partial charge < -0.3 is 9.42 Å². The average molecular weight is 475 g/mol. The highest BCUT2D eigenvalue weighted by Gasteiger charge is 2.35. The van der Waals surface area contributed by atoms with Crippen molar-refractivity contribution < 1.29 is 17.7 Å². The van der Waals surface area contributed by atoms with Gasteiger partial charge in [-0.05, 0) is 43.2 Å². The van der Waals surface area contributed by atoms with E-state index in [-0.39, 0.29) is 23.2 Å². The number of likely N-dealkylation sites (tertiary alicyclic amines) is 1. The van der Waals surface area contributed by atoms with E-state index in [2.05, 4.69) is 10.1 Å². The number of hydrogen-bond acceptors (Lipinski definition) is 5. The molecule has 0 saturated carbocycles. The summed E-state index contributed by atoms with van der Waals surface area (Å²) in [6, 6.07) is 14.5. The fourth-order valence-electron chi connectivity index (χ4n) is 4.25. The first-order chi connectivity index (χ1) is 15.7. The van der Waals surface area contributed by atoms with Crippen molar-refractivity contribution in [2.24, 2.45) is 0 Å². The quantitative estimate of drug-likeness (QED) is 0.451. The minimum Gasteiger partial charge on any atom is -0.363 e. The molecule has 0 amide bonds. The van der Waals surface area contributed by atoms with Crippen LogP contribution in [-0.2, 0) is 19.3 Å². The zero-order valence-electron chi connectivity index (χ0n) is 17.9. The van der Waals surface area contributed by atoms with Crippen molar-refractivity contribution in [3.8, 4) is 6.07 Å². The number of nitriles is 1. The molecular formula is C24H22ClF3N4O. The van der Waals surface area contributed by atoms with Crippen LogP contribution in [-0.4, -0.2) is 29.2 Å². The number of nitrogens with zero attached hydrogens (tertiary/aromatic N) is 4. The van der Waals surface area contributed by atoms with Crippen LogP contribution in [0.2, 0.25) is 5.02 Å². The summed E-state index contributed by atoms with van der Waals surface area (Å²) in [6.07, 6.45) is -3.68. The minimum absolute atomic E-state index is 0.0386. The molecule has 1 fully saturated rings. The number of aromatic nitrogens is 1. The maximum absolute atomic E-state index is 13.6. The Hall–Kier alpha value is -3.02. The molecule has 1 atom stereocenters. The van der Waals surface area contributed by atoms with E-state index in [0.717, 1.165) is 30.5 Å². The molecule has 0 N–H and O–H groups in total. The molecule has 1 saturated heterocycles. The van der Waals surface area contributed by atoms with Crippen molar-refractivity contribution in [3.63, 3.8) is 0 Å². The zero-order valence-corrected chi connectivity index (χ0v) is 18.7. The third-order valence-electron chi connectivity index (χ3n) is 5.82. The van der Waals surface area contributed by atoms with E-state index in [1.165, 1.54) is 12.1 Å². The molecule has 0 aliphatic carbocycles. The maximum atomic E-state index is 13.6. The lowest BCUT2D eigenvalue weighted by Gasteiger charge is -2.32. The van der Waals surface area contributed by atoms with E-state index >= 15 is 0 Å². The van der Waals surface area contributed by atoms with Gasteiger partial charge in [0, 0.05) is 44.0 Å². The first kappa shape index (κ1) is 23.1. The number of halogens is 4. The largest absolute Gasteiger partial charge is 0.416 e. The van der Waals surface area contributed by atoms with E-state index in [9.17, 15) is 18.4 Å². The molecule has 172 valence electrons. The van der Waals surface area contributed by atoms with E-state index < -0.39 is 11.7 Å². The number of hydrogen-bond donors (Lipinski definition) is 0. The van der Waals surface area contributed by atoms with Gasteiger partial charge in [-0.1, -0.05) is 35.0 Å². The second kappa shape index (κ2) is 9.46. The van der Waals surface area contributed by atoms with Gasteiger partial charge in [0.25, 0.3) is 0 Å². The van der Waals surface area contributed by atoms with E-state index in [0.29, 0.717) is 24.3 Å². The van der Waals surface area contributed by atoms with E-state index in [4.69, 9.17) is 16.1 Å². The summed E-state index contributed by atoms with van der Waals surface area (Å²) < 4.78 is 46.1. The van der Waals surface area contributed by atoms with Crippen LogP contribution < -0.4 is 4.90 Å². The maximum Gasteiger partial charge on any atom is 0.416 e. The normalized spacial score (nSPS) is 16.7. The third kappa shape index (κ3) is 5.32. The fourth-order valence-corrected chi connectivity index (χ4v) is 4.47. The molecule has 4 rings (SSSR count). The number of anilines is 1. The number of alkyl halides is 3. The SMILES string of the molecule is Cc1cc(CN2CCC(N(Cc3ccccc3C(F)(F)F)c3ccc(C#N)c(Cl)c3)C2)no1. The molecule has 3 aromatic rings. The predicted octanol–water partition coefficient (Wildman–Crippen LogP) is 5.81. The Morgan fingerprint density at radius 2 is 2.03 bits per heavy atom. The van der Waals surface area contributed by atoms with Gasteiger partial charge in [0.05, 0.1) is 21.8 Å². The highest BCUT2D eigenvalue weighted by atomic mass is 35.5. The Bertz CT molecular complexity index is 1170. The molecule has 2 heterocycles. The minimum atomic E-state index is -4.45. The number of benzene rings is 2. The molecule has 5 nitrogen and oxygen atoms in total. The highest BCUT2D eigenvalue weighted by molar-refractivity contribution is 6.32. The van der Waals surface area contributed by atoms with E-state index in [1.54, 1.807) is 24.3 Å². The lowest BCUT2D eigenvalue weighted by Crippen LogP contribution is -2.37. The van der Waals surface area contributed by atoms with Gasteiger partial charge in [0.15, 0.2) is 0 Å². The fraction of sp³-hybridized carbons (Fsp3) is 0.333. The average Bonchev–Trinajstić information content (AvgIpc) is 3.40. The van der Waals surface area contributed by atoms with Crippen LogP contribution in [0.15, 0.2) is 53.1 Å². The predicted molar refractivity (Wildman–Crippen MR) is 119 cm³/mol. The Morgan fingerprint density at radius 1 is 1.24 bits per heavy atom. The third-order valence-corrected chi connectivity index (χ3v) is 6.13. The Morgan fingerprint density at radius 3 is 2.70 bits per heavy atom. The molecule has 1 aromatic heterocycles. The van der Waals surface area contributed by atoms with Gasteiger partial charge in [-0.15, -0.1) is 0 Å². The van der Waals surface area contributed by atoms with E-state index in [1.807, 2.05) is 24.0 Å². The van der Waals surface area contributed by atoms with Crippen molar-refractivity contribution in [2.45, 2.75) is 38.7 Å². The van der Waals surface area contributed by atoms with Gasteiger partial charge in [-0.2, -0.15) is 18.4 Å². The Balaban J connectivity index is 1.63. The summed E-state index contributed by atoms with van der Waals surface area (Å²) in [4.78, 5) is 4.15. The van der Waals surface area contributed by atoms with Crippen molar-refractivity contribution in [1.29, 1.82) is 5.26 Å². The molecule has 1 aliphatic rings. The number of rotatable bonds is 6. The van der Waals surface area contributed by atoms with Crippen molar-refractivity contribution in [3.05, 3.63) is 81.7 Å². The Kier molecular flexibility index (Phi) is 6.63. The highest BCUT2D eigenvalue weighted by Crippen LogP contribution is 2.35. The second-order valence-electron chi connectivity index (χ2n) is 8.17. The van der Waals surface area contributed by atoms with Crippen LogP contribution in [0.25, 0.3) is 0 Å². The summed E-state index contributed by atoms with van der Waals surface area (Å²) in [7, 11) is 0. The van der Waals surface area contributed by atoms with Crippen LogP contribution in [0.3, 0.4) is 0 Å². The van der Waals surface area contributed by atoms with Crippen LogP contribution in [0.5, 0.6) is 0 Å². The molecule has 0 spiro atoms. The van der Waals surface area contributed by atoms with Crippen LogP contribution in [0.4, 0.5) is 18.9 Å². The smallest absolute Gasteiger partial charge is 0.363 e. The van der Waals surface area contributed by atoms with Gasteiger partial charge in [-0.3, -0.25) is 4.90 Å². The summed E-state index contributed by atoms with van der Waals surface area (Å²) in [5.41, 5.74) is 1.37. The topological polar surface area (TPSA) is 56.3 Å². The van der Waals surface area contributed by atoms with Crippen LogP contribution >= 0.6 is 11.6 Å². The van der Waals surface area contributed by atoms with Crippen LogP contribution in [0.1, 0.15) is 34.6 Å². The molecule has 9 heteroatoms. The van der Waals surface area contributed by atoms with Gasteiger partial charge >= 0.3 is 6.18 Å². The molecule has 1 aliphatic heterocycles. The lowest BCUT2D eigenvalue weighted by molar-refractivity contribution is -0.138. The van der Waals surface area contributed by atoms with Crippen molar-refractivity contribution >= 4 is 17.3 Å². The molecular weight excluding hydrogens is 453 g/mol. The van der Waals surface area contributed by atoms with Gasteiger partial charge in [0.2, 0.25) is 0 Å². The Labute approximate surface area is 195 Å². The van der Waals surface area contributed by atoms with Crippen molar-refractivity contribution in [2.75, 3.05) is 18.0 Å². The summed E-state index contributed by atoms with van der Waals surface area (Å²) in [5.74, 6) is 0.735. The molecule has 0 bridgehead atoms. The molecule has 0 radical (unpaired) electrons. The second-order valence-corrected chi connectivity index (χ2v) is 8.57. The molecule has 1 unspecified atom stereocenters. The lowest BCUT2D eigenvalue weighted by atomic mass is 10.0. The first-order valence-corrected chi connectivity index (χ1v) is 10.9. The van der Waals surface area contributed by atoms with Crippen molar-refractivity contribution in [1.82, 2.24) is 10.1 Å². The summed E-state index contributed by atoms with van der Waals surface area (Å²) in [5, 5.41) is 13.5.